The van der Waals surface area contributed by atoms with Gasteiger partial charge >= 0.3 is 5.97 Å². The van der Waals surface area contributed by atoms with Crippen molar-refractivity contribution in [2.24, 2.45) is 0 Å². The van der Waals surface area contributed by atoms with Crippen LogP contribution in [0.25, 0.3) is 0 Å². The molecule has 0 aliphatic carbocycles. The van der Waals surface area contributed by atoms with Crippen LogP contribution >= 0.6 is 0 Å². The number of aromatic hydroxyl groups is 1. The number of carbonyl (C=O) groups is 1. The van der Waals surface area contributed by atoms with Crippen LogP contribution in [-0.2, 0) is 20.4 Å². The summed E-state index contributed by atoms with van der Waals surface area (Å²) < 4.78 is 10.4. The molecule has 4 nitrogen and oxygen atoms in total. The van der Waals surface area contributed by atoms with Crippen LogP contribution in [0.2, 0.25) is 0 Å². The molecule has 0 aromatic heterocycles. The molecule has 0 saturated heterocycles. The normalized spacial score (nSPS) is 12.4. The van der Waals surface area contributed by atoms with Crippen LogP contribution in [0.15, 0.2) is 48.5 Å². The number of rotatable bonds is 4. The first-order valence-corrected chi connectivity index (χ1v) is 10.1. The molecular formula is C25H36O4. The Morgan fingerprint density at radius 2 is 1.28 bits per heavy atom. The summed E-state index contributed by atoms with van der Waals surface area (Å²) in [5.41, 5.74) is 2.77. The van der Waals surface area contributed by atoms with Gasteiger partial charge in [0.05, 0.1) is 6.61 Å². The van der Waals surface area contributed by atoms with Crippen molar-refractivity contribution in [3.05, 3.63) is 59.7 Å². The fourth-order valence-corrected chi connectivity index (χ4v) is 2.51. The Balaban J connectivity index is 0.000000326. The van der Waals surface area contributed by atoms with Crippen molar-refractivity contribution < 1.29 is 19.4 Å². The Kier molecular flexibility index (Phi) is 8.75. The summed E-state index contributed by atoms with van der Waals surface area (Å²) in [6, 6.07) is 15.2. The van der Waals surface area contributed by atoms with Crippen molar-refractivity contribution in [3.63, 3.8) is 0 Å². The van der Waals surface area contributed by atoms with E-state index in [1.807, 2.05) is 36.4 Å². The Labute approximate surface area is 175 Å². The minimum absolute atomic E-state index is 0.116. The molecule has 0 spiro atoms. The first kappa shape index (κ1) is 24.5. The second kappa shape index (κ2) is 10.3. The van der Waals surface area contributed by atoms with Crippen molar-refractivity contribution in [1.29, 1.82) is 0 Å². The van der Waals surface area contributed by atoms with E-state index in [4.69, 9.17) is 14.6 Å². The van der Waals surface area contributed by atoms with E-state index in [2.05, 4.69) is 41.5 Å². The topological polar surface area (TPSA) is 55.8 Å². The first-order chi connectivity index (χ1) is 13.3. The smallest absolute Gasteiger partial charge is 0.347 e. The first-order valence-electron chi connectivity index (χ1n) is 10.1. The Hall–Kier alpha value is -2.49. The van der Waals surface area contributed by atoms with E-state index in [0.717, 1.165) is 0 Å². The molecule has 0 saturated carbocycles. The highest BCUT2D eigenvalue weighted by Crippen LogP contribution is 2.25. The summed E-state index contributed by atoms with van der Waals surface area (Å²) in [5.74, 6) is 0.680. The van der Waals surface area contributed by atoms with Crippen LogP contribution in [0, 0.1) is 0 Å². The molecule has 1 atom stereocenters. The monoisotopic (exact) mass is 400 g/mol. The van der Waals surface area contributed by atoms with E-state index in [-0.39, 0.29) is 16.8 Å². The van der Waals surface area contributed by atoms with Gasteiger partial charge in [-0.05, 0) is 60.1 Å². The maximum Gasteiger partial charge on any atom is 0.347 e. The molecule has 0 heterocycles. The molecule has 29 heavy (non-hydrogen) atoms. The van der Waals surface area contributed by atoms with Crippen molar-refractivity contribution in [2.45, 2.75) is 72.3 Å². The van der Waals surface area contributed by atoms with Gasteiger partial charge in [0.15, 0.2) is 6.10 Å². The van der Waals surface area contributed by atoms with Gasteiger partial charge in [0, 0.05) is 0 Å². The highest BCUT2D eigenvalue weighted by atomic mass is 16.6. The lowest BCUT2D eigenvalue weighted by atomic mass is 9.87. The largest absolute Gasteiger partial charge is 0.508 e. The predicted molar refractivity (Wildman–Crippen MR) is 119 cm³/mol. The van der Waals surface area contributed by atoms with Gasteiger partial charge in [-0.25, -0.2) is 4.79 Å². The highest BCUT2D eigenvalue weighted by molar-refractivity contribution is 5.74. The predicted octanol–water partition coefficient (Wildman–Crippen LogP) is 6.00. The molecule has 0 amide bonds. The zero-order valence-corrected chi connectivity index (χ0v) is 19.1. The highest BCUT2D eigenvalue weighted by Gasteiger charge is 2.17. The number of hydrogen-bond acceptors (Lipinski definition) is 4. The molecule has 1 unspecified atom stereocenters. The fourth-order valence-electron chi connectivity index (χ4n) is 2.51. The molecular weight excluding hydrogens is 364 g/mol. The number of phenols is 1. The lowest BCUT2D eigenvalue weighted by Crippen LogP contribution is -2.26. The van der Waals surface area contributed by atoms with Crippen LogP contribution < -0.4 is 4.74 Å². The van der Waals surface area contributed by atoms with Gasteiger partial charge < -0.3 is 14.6 Å². The molecule has 0 bridgehead atoms. The lowest BCUT2D eigenvalue weighted by Gasteiger charge is -2.19. The second-order valence-electron chi connectivity index (χ2n) is 9.08. The van der Waals surface area contributed by atoms with Crippen LogP contribution in [-0.4, -0.2) is 23.8 Å². The molecule has 160 valence electrons. The van der Waals surface area contributed by atoms with E-state index in [1.165, 1.54) is 11.1 Å². The summed E-state index contributed by atoms with van der Waals surface area (Å²) in [6.07, 6.45) is -0.578. The molecule has 2 aromatic rings. The number of benzene rings is 2. The van der Waals surface area contributed by atoms with Gasteiger partial charge in [-0.2, -0.15) is 0 Å². The van der Waals surface area contributed by atoms with Crippen molar-refractivity contribution in [1.82, 2.24) is 0 Å². The quantitative estimate of drug-likeness (QED) is 0.639. The summed E-state index contributed by atoms with van der Waals surface area (Å²) in [7, 11) is 0. The SMILES string of the molecule is CC(C)(C)c1ccc(O)cc1.CCOC(=O)C(C)Oc1ccc(C(C)(C)C)cc1. The molecule has 2 rings (SSSR count). The van der Waals surface area contributed by atoms with Gasteiger partial charge in [-0.1, -0.05) is 65.8 Å². The van der Waals surface area contributed by atoms with Crippen molar-refractivity contribution >= 4 is 5.97 Å². The van der Waals surface area contributed by atoms with Gasteiger partial charge in [0.25, 0.3) is 0 Å². The zero-order valence-electron chi connectivity index (χ0n) is 19.1. The number of ether oxygens (including phenoxy) is 2. The third kappa shape index (κ3) is 8.59. The summed E-state index contributed by atoms with van der Waals surface area (Å²) >= 11 is 0. The lowest BCUT2D eigenvalue weighted by molar-refractivity contribution is -0.150. The molecule has 0 aliphatic heterocycles. The Bertz CT molecular complexity index is 747. The van der Waals surface area contributed by atoms with E-state index in [1.54, 1.807) is 26.0 Å². The minimum atomic E-state index is -0.578. The molecule has 0 radical (unpaired) electrons. The Morgan fingerprint density at radius 1 is 0.862 bits per heavy atom. The summed E-state index contributed by atoms with van der Waals surface area (Å²) in [4.78, 5) is 11.4. The van der Waals surface area contributed by atoms with Gasteiger partial charge in [-0.15, -0.1) is 0 Å². The summed E-state index contributed by atoms with van der Waals surface area (Å²) in [6.45, 7) is 16.8. The third-order valence-corrected chi connectivity index (χ3v) is 4.39. The maximum atomic E-state index is 11.4. The number of carbonyl (C=O) groups excluding carboxylic acids is 1. The molecule has 0 fully saturated rings. The van der Waals surface area contributed by atoms with Gasteiger partial charge in [0.1, 0.15) is 11.5 Å². The molecule has 1 N–H and O–H groups in total. The van der Waals surface area contributed by atoms with E-state index in [9.17, 15) is 4.79 Å². The maximum absolute atomic E-state index is 11.4. The standard InChI is InChI=1S/C15H22O3.C10H14O/c1-6-17-14(16)11(2)18-13-9-7-12(8-10-13)15(3,4)5;1-10(2,3)8-4-6-9(11)7-5-8/h7-11H,6H2,1-5H3;4-7,11H,1-3H3. The third-order valence-electron chi connectivity index (χ3n) is 4.39. The Morgan fingerprint density at radius 3 is 1.66 bits per heavy atom. The average Bonchev–Trinajstić information content (AvgIpc) is 2.61. The van der Waals surface area contributed by atoms with E-state index >= 15 is 0 Å². The van der Waals surface area contributed by atoms with Crippen LogP contribution in [0.1, 0.15) is 66.5 Å². The van der Waals surface area contributed by atoms with Gasteiger partial charge in [-0.3, -0.25) is 0 Å². The molecule has 2 aromatic carbocycles. The van der Waals surface area contributed by atoms with Crippen molar-refractivity contribution in [3.8, 4) is 11.5 Å². The van der Waals surface area contributed by atoms with Gasteiger partial charge in [0.2, 0.25) is 0 Å². The van der Waals surface area contributed by atoms with Crippen LogP contribution in [0.3, 0.4) is 0 Å². The van der Waals surface area contributed by atoms with E-state index in [0.29, 0.717) is 18.1 Å². The summed E-state index contributed by atoms with van der Waals surface area (Å²) in [5, 5.41) is 9.02. The minimum Gasteiger partial charge on any atom is -0.508 e. The van der Waals surface area contributed by atoms with Crippen molar-refractivity contribution in [2.75, 3.05) is 6.61 Å². The number of hydrogen-bond donors (Lipinski definition) is 1. The van der Waals surface area contributed by atoms with E-state index < -0.39 is 6.10 Å². The zero-order chi connectivity index (χ0) is 22.2. The number of phenolic OH excluding ortho intramolecular Hbond substituents is 1. The average molecular weight is 401 g/mol. The fraction of sp³-hybridized carbons (Fsp3) is 0.480. The van der Waals surface area contributed by atoms with Crippen LogP contribution in [0.5, 0.6) is 11.5 Å². The number of esters is 1. The second-order valence-corrected chi connectivity index (χ2v) is 9.08. The van der Waals surface area contributed by atoms with Crippen LogP contribution in [0.4, 0.5) is 0 Å². The molecule has 4 heteroatoms. The molecule has 0 aliphatic rings.